The number of aliphatic imine (C=N–C) groups is 1. The largest absolute Gasteiger partial charge is 0.379 e. The third kappa shape index (κ3) is 8.75. The van der Waals surface area contributed by atoms with Crippen molar-refractivity contribution >= 4 is 47.2 Å². The summed E-state index contributed by atoms with van der Waals surface area (Å²) in [4.78, 5) is 20.0. The smallest absolute Gasteiger partial charge is 0.239 e. The second kappa shape index (κ2) is 11.8. The van der Waals surface area contributed by atoms with E-state index >= 15 is 0 Å². The topological polar surface area (TPSA) is 78.0 Å². The van der Waals surface area contributed by atoms with Gasteiger partial charge in [-0.15, -0.1) is 35.3 Å². The summed E-state index contributed by atoms with van der Waals surface area (Å²) in [6, 6.07) is 4.51. The number of carbonyl (C=O) groups is 1. The molecule has 0 bridgehead atoms. The fourth-order valence-electron chi connectivity index (χ4n) is 2.82. The van der Waals surface area contributed by atoms with Crippen LogP contribution in [0.5, 0.6) is 0 Å². The third-order valence-corrected chi connectivity index (χ3v) is 4.95. The lowest BCUT2D eigenvalue weighted by Crippen LogP contribution is -2.49. The van der Waals surface area contributed by atoms with E-state index in [2.05, 4.69) is 43.4 Å². The Morgan fingerprint density at radius 3 is 2.59 bits per heavy atom. The number of ether oxygens (including phenoxy) is 1. The molecule has 1 fully saturated rings. The third-order valence-electron chi connectivity index (χ3n) is 3.98. The molecule has 0 aliphatic carbocycles. The molecule has 0 aromatic carbocycles. The quantitative estimate of drug-likeness (QED) is 0.310. The molecule has 154 valence electrons. The summed E-state index contributed by atoms with van der Waals surface area (Å²) in [7, 11) is 1.71. The van der Waals surface area contributed by atoms with Crippen LogP contribution in [-0.2, 0) is 9.53 Å². The van der Waals surface area contributed by atoms with Crippen LogP contribution in [0.1, 0.15) is 31.7 Å². The van der Waals surface area contributed by atoms with E-state index in [1.165, 1.54) is 4.88 Å². The zero-order valence-corrected chi connectivity index (χ0v) is 19.7. The highest BCUT2D eigenvalue weighted by molar-refractivity contribution is 14.0. The number of nitrogens with zero attached hydrogens (tertiary/aromatic N) is 2. The Morgan fingerprint density at radius 1 is 1.33 bits per heavy atom. The minimum atomic E-state index is -0.240. The fourth-order valence-corrected chi connectivity index (χ4v) is 3.68. The summed E-state index contributed by atoms with van der Waals surface area (Å²) < 4.78 is 5.48. The van der Waals surface area contributed by atoms with Gasteiger partial charge in [-0.2, -0.15) is 0 Å². The normalized spacial score (nSPS) is 17.0. The van der Waals surface area contributed by atoms with E-state index < -0.39 is 0 Å². The molecule has 1 aliphatic heterocycles. The van der Waals surface area contributed by atoms with E-state index in [1.54, 1.807) is 18.4 Å². The highest BCUT2D eigenvalue weighted by Crippen LogP contribution is 2.25. The number of carbonyl (C=O) groups excluding carboxylic acids is 1. The summed E-state index contributed by atoms with van der Waals surface area (Å²) in [6.07, 6.45) is 0. The van der Waals surface area contributed by atoms with Gasteiger partial charge >= 0.3 is 0 Å². The molecule has 0 saturated carbocycles. The van der Waals surface area contributed by atoms with Crippen LogP contribution in [0.4, 0.5) is 0 Å². The van der Waals surface area contributed by atoms with Crippen LogP contribution in [0.2, 0.25) is 0 Å². The molecule has 1 atom stereocenters. The molecule has 1 saturated heterocycles. The maximum Gasteiger partial charge on any atom is 0.239 e. The standard InChI is InChI=1S/C18H31N5O2S.HI/c1-18(2,3)22-16(24)13-21-17(19-4)20-12-14(15-6-5-11-26-15)23-7-9-25-10-8-23;/h5-6,11,14H,7-10,12-13H2,1-4H3,(H,22,24)(H2,19,20,21);1H. The van der Waals surface area contributed by atoms with Gasteiger partial charge < -0.3 is 20.7 Å². The van der Waals surface area contributed by atoms with Gasteiger partial charge in [0.25, 0.3) is 0 Å². The van der Waals surface area contributed by atoms with Crippen molar-refractivity contribution in [1.29, 1.82) is 0 Å². The second-order valence-electron chi connectivity index (χ2n) is 7.28. The maximum absolute atomic E-state index is 12.0. The number of morpholine rings is 1. The molecule has 0 spiro atoms. The first-order valence-electron chi connectivity index (χ1n) is 9.00. The van der Waals surface area contributed by atoms with Gasteiger partial charge in [0.15, 0.2) is 5.96 Å². The van der Waals surface area contributed by atoms with Crippen LogP contribution >= 0.6 is 35.3 Å². The van der Waals surface area contributed by atoms with Gasteiger partial charge in [0.2, 0.25) is 5.91 Å². The molecule has 1 amide bonds. The van der Waals surface area contributed by atoms with Crippen LogP contribution in [0, 0.1) is 0 Å². The molecule has 7 nitrogen and oxygen atoms in total. The lowest BCUT2D eigenvalue weighted by atomic mass is 10.1. The molecule has 2 rings (SSSR count). The van der Waals surface area contributed by atoms with Crippen LogP contribution in [0.3, 0.4) is 0 Å². The Labute approximate surface area is 183 Å². The summed E-state index contributed by atoms with van der Waals surface area (Å²) >= 11 is 1.76. The Hall–Kier alpha value is -0.910. The average Bonchev–Trinajstić information content (AvgIpc) is 3.11. The van der Waals surface area contributed by atoms with Crippen LogP contribution in [0.25, 0.3) is 0 Å². The number of halogens is 1. The van der Waals surface area contributed by atoms with Gasteiger partial charge in [-0.25, -0.2) is 0 Å². The number of guanidine groups is 1. The molecular formula is C18H32IN5O2S. The van der Waals surface area contributed by atoms with E-state index in [-0.39, 0.29) is 48.0 Å². The Balaban J connectivity index is 0.00000364. The van der Waals surface area contributed by atoms with Crippen LogP contribution < -0.4 is 16.0 Å². The number of rotatable bonds is 6. The number of nitrogens with one attached hydrogen (secondary N) is 3. The first kappa shape index (κ1) is 24.1. The van der Waals surface area contributed by atoms with Crippen molar-refractivity contribution < 1.29 is 9.53 Å². The molecule has 1 unspecified atom stereocenters. The van der Waals surface area contributed by atoms with Crippen molar-refractivity contribution in [2.24, 2.45) is 4.99 Å². The summed E-state index contributed by atoms with van der Waals surface area (Å²) in [5.74, 6) is 0.576. The predicted molar refractivity (Wildman–Crippen MR) is 122 cm³/mol. The van der Waals surface area contributed by atoms with Crippen molar-refractivity contribution in [3.05, 3.63) is 22.4 Å². The zero-order valence-electron chi connectivity index (χ0n) is 16.6. The van der Waals surface area contributed by atoms with Gasteiger partial charge in [0.05, 0.1) is 25.8 Å². The highest BCUT2D eigenvalue weighted by Gasteiger charge is 2.23. The van der Waals surface area contributed by atoms with Gasteiger partial charge in [0.1, 0.15) is 0 Å². The lowest BCUT2D eigenvalue weighted by Gasteiger charge is -2.34. The summed E-state index contributed by atoms with van der Waals surface area (Å²) in [6.45, 7) is 10.2. The SMILES string of the molecule is CN=C(NCC(=O)NC(C)(C)C)NCC(c1cccs1)N1CCOCC1.I. The van der Waals surface area contributed by atoms with E-state index in [1.807, 2.05) is 20.8 Å². The molecule has 1 aromatic rings. The predicted octanol–water partition coefficient (Wildman–Crippen LogP) is 1.82. The average molecular weight is 509 g/mol. The monoisotopic (exact) mass is 509 g/mol. The second-order valence-corrected chi connectivity index (χ2v) is 8.26. The minimum Gasteiger partial charge on any atom is -0.379 e. The van der Waals surface area contributed by atoms with Crippen LogP contribution in [-0.4, -0.2) is 68.7 Å². The maximum atomic E-state index is 12.0. The zero-order chi connectivity index (χ0) is 19.0. The van der Waals surface area contributed by atoms with E-state index in [0.717, 1.165) is 32.8 Å². The van der Waals surface area contributed by atoms with Crippen molar-refractivity contribution in [3.63, 3.8) is 0 Å². The Kier molecular flexibility index (Phi) is 10.6. The molecule has 27 heavy (non-hydrogen) atoms. The van der Waals surface area contributed by atoms with E-state index in [4.69, 9.17) is 4.74 Å². The molecule has 2 heterocycles. The Morgan fingerprint density at radius 2 is 2.04 bits per heavy atom. The van der Waals surface area contributed by atoms with Crippen molar-refractivity contribution in [2.75, 3.05) is 46.4 Å². The summed E-state index contributed by atoms with van der Waals surface area (Å²) in [5.41, 5.74) is -0.240. The minimum absolute atomic E-state index is 0. The number of hydrogen-bond donors (Lipinski definition) is 3. The Bertz CT molecular complexity index is 583. The van der Waals surface area contributed by atoms with Gasteiger partial charge in [0, 0.05) is 37.1 Å². The lowest BCUT2D eigenvalue weighted by molar-refractivity contribution is -0.121. The molecule has 9 heteroatoms. The molecule has 0 radical (unpaired) electrons. The van der Waals surface area contributed by atoms with Gasteiger partial charge in [-0.1, -0.05) is 6.07 Å². The van der Waals surface area contributed by atoms with Crippen molar-refractivity contribution in [2.45, 2.75) is 32.4 Å². The number of amides is 1. The summed E-state index contributed by atoms with van der Waals surface area (Å²) in [5, 5.41) is 11.5. The van der Waals surface area contributed by atoms with Crippen LogP contribution in [0.15, 0.2) is 22.5 Å². The highest BCUT2D eigenvalue weighted by atomic mass is 127. The molecule has 1 aliphatic rings. The number of hydrogen-bond acceptors (Lipinski definition) is 5. The van der Waals surface area contributed by atoms with E-state index in [0.29, 0.717) is 5.96 Å². The number of thiophene rings is 1. The molecule has 1 aromatic heterocycles. The van der Waals surface area contributed by atoms with E-state index in [9.17, 15) is 4.79 Å². The van der Waals surface area contributed by atoms with Gasteiger partial charge in [-0.3, -0.25) is 14.7 Å². The van der Waals surface area contributed by atoms with Crippen molar-refractivity contribution in [1.82, 2.24) is 20.9 Å². The van der Waals surface area contributed by atoms with Crippen molar-refractivity contribution in [3.8, 4) is 0 Å². The first-order valence-corrected chi connectivity index (χ1v) is 9.88. The first-order chi connectivity index (χ1) is 12.4. The molecule has 3 N–H and O–H groups in total. The molecular weight excluding hydrogens is 477 g/mol. The van der Waals surface area contributed by atoms with Gasteiger partial charge in [-0.05, 0) is 32.2 Å². The fraction of sp³-hybridized carbons (Fsp3) is 0.667.